The number of likely N-dealkylation sites (N-methyl/N-ethyl adjacent to an activating group) is 1. The number of amides is 2. The van der Waals surface area contributed by atoms with Crippen LogP contribution in [0.1, 0.15) is 17.2 Å². The second-order valence-corrected chi connectivity index (χ2v) is 6.76. The van der Waals surface area contributed by atoms with Crippen LogP contribution in [0.25, 0.3) is 0 Å². The maximum Gasteiger partial charge on any atom is 0.318 e. The fourth-order valence-electron chi connectivity index (χ4n) is 3.37. The zero-order valence-electron chi connectivity index (χ0n) is 16.1. The standard InChI is InChI=1S/C21H27N3O3/c1-23-9-10-24(20(15-23)17-7-5-4-6-8-17)21(25)22-14-16-11-18(26-2)13-19(12-16)27-3/h4-8,11-13,20H,9-10,14-15H2,1-3H3,(H,22,25). The van der Waals surface area contributed by atoms with E-state index < -0.39 is 0 Å². The van der Waals surface area contributed by atoms with E-state index in [1.807, 2.05) is 41.3 Å². The van der Waals surface area contributed by atoms with Gasteiger partial charge in [0.1, 0.15) is 11.5 Å². The predicted octanol–water partition coefficient (Wildman–Crippen LogP) is 2.90. The van der Waals surface area contributed by atoms with Gasteiger partial charge >= 0.3 is 6.03 Å². The van der Waals surface area contributed by atoms with Gasteiger partial charge in [0.2, 0.25) is 0 Å². The quantitative estimate of drug-likeness (QED) is 0.881. The highest BCUT2D eigenvalue weighted by Gasteiger charge is 2.30. The van der Waals surface area contributed by atoms with Crippen LogP contribution in [0.3, 0.4) is 0 Å². The normalized spacial score (nSPS) is 17.4. The van der Waals surface area contributed by atoms with Gasteiger partial charge in [0, 0.05) is 32.2 Å². The number of carbonyl (C=O) groups is 1. The molecule has 0 bridgehead atoms. The third kappa shape index (κ3) is 4.71. The Morgan fingerprint density at radius 1 is 1.07 bits per heavy atom. The first-order valence-corrected chi connectivity index (χ1v) is 9.10. The van der Waals surface area contributed by atoms with E-state index in [1.165, 1.54) is 0 Å². The van der Waals surface area contributed by atoms with Crippen LogP contribution in [0, 0.1) is 0 Å². The molecule has 6 nitrogen and oxygen atoms in total. The molecule has 0 saturated carbocycles. The van der Waals surface area contributed by atoms with Crippen LogP contribution in [0.5, 0.6) is 11.5 Å². The van der Waals surface area contributed by atoms with E-state index in [0.29, 0.717) is 24.6 Å². The van der Waals surface area contributed by atoms with Crippen LogP contribution in [0.15, 0.2) is 48.5 Å². The van der Waals surface area contributed by atoms with Crippen molar-refractivity contribution < 1.29 is 14.3 Å². The van der Waals surface area contributed by atoms with Gasteiger partial charge in [-0.1, -0.05) is 30.3 Å². The number of nitrogens with zero attached hydrogens (tertiary/aromatic N) is 2. The van der Waals surface area contributed by atoms with E-state index in [4.69, 9.17) is 9.47 Å². The van der Waals surface area contributed by atoms with Crippen molar-refractivity contribution in [1.29, 1.82) is 0 Å². The van der Waals surface area contributed by atoms with Gasteiger partial charge in [-0.05, 0) is 30.3 Å². The van der Waals surface area contributed by atoms with Crippen molar-refractivity contribution in [2.45, 2.75) is 12.6 Å². The molecule has 144 valence electrons. The molecule has 0 aromatic heterocycles. The number of nitrogens with one attached hydrogen (secondary N) is 1. The van der Waals surface area contributed by atoms with Crippen LogP contribution in [0.2, 0.25) is 0 Å². The highest BCUT2D eigenvalue weighted by Crippen LogP contribution is 2.25. The molecule has 0 aliphatic carbocycles. The second kappa shape index (κ2) is 8.77. The van der Waals surface area contributed by atoms with Crippen molar-refractivity contribution in [3.8, 4) is 11.5 Å². The van der Waals surface area contributed by atoms with E-state index in [2.05, 4.69) is 29.4 Å². The first kappa shape index (κ1) is 19.0. The van der Waals surface area contributed by atoms with E-state index in [1.54, 1.807) is 14.2 Å². The smallest absolute Gasteiger partial charge is 0.318 e. The molecule has 1 aliphatic rings. The zero-order valence-corrected chi connectivity index (χ0v) is 16.1. The van der Waals surface area contributed by atoms with Crippen molar-refractivity contribution in [2.75, 3.05) is 40.9 Å². The maximum absolute atomic E-state index is 12.9. The molecule has 3 rings (SSSR count). The summed E-state index contributed by atoms with van der Waals surface area (Å²) in [4.78, 5) is 17.1. The summed E-state index contributed by atoms with van der Waals surface area (Å²) in [6, 6.07) is 15.8. The summed E-state index contributed by atoms with van der Waals surface area (Å²) in [5.41, 5.74) is 2.09. The van der Waals surface area contributed by atoms with Gasteiger partial charge in [0.25, 0.3) is 0 Å². The van der Waals surface area contributed by atoms with Crippen LogP contribution in [0.4, 0.5) is 4.79 Å². The van der Waals surface area contributed by atoms with Gasteiger partial charge in [-0.3, -0.25) is 0 Å². The predicted molar refractivity (Wildman–Crippen MR) is 105 cm³/mol. The molecule has 6 heteroatoms. The summed E-state index contributed by atoms with van der Waals surface area (Å²) >= 11 is 0. The number of ether oxygens (including phenoxy) is 2. The highest BCUT2D eigenvalue weighted by molar-refractivity contribution is 5.75. The van der Waals surface area contributed by atoms with Crippen LogP contribution in [-0.2, 0) is 6.54 Å². The number of methoxy groups -OCH3 is 2. The molecule has 1 saturated heterocycles. The van der Waals surface area contributed by atoms with Gasteiger partial charge in [0.15, 0.2) is 0 Å². The lowest BCUT2D eigenvalue weighted by molar-refractivity contribution is 0.108. The Morgan fingerprint density at radius 2 is 1.74 bits per heavy atom. The molecular weight excluding hydrogens is 342 g/mol. The molecule has 1 heterocycles. The maximum atomic E-state index is 12.9. The molecule has 27 heavy (non-hydrogen) atoms. The summed E-state index contributed by atoms with van der Waals surface area (Å²) in [5, 5.41) is 3.04. The largest absolute Gasteiger partial charge is 0.497 e. The monoisotopic (exact) mass is 369 g/mol. The molecule has 2 aromatic carbocycles. The molecule has 1 aliphatic heterocycles. The third-order valence-corrected chi connectivity index (χ3v) is 4.88. The molecule has 2 aromatic rings. The fourth-order valence-corrected chi connectivity index (χ4v) is 3.37. The Balaban J connectivity index is 1.71. The number of hydrogen-bond donors (Lipinski definition) is 1. The number of rotatable bonds is 5. The lowest BCUT2D eigenvalue weighted by Crippen LogP contribution is -2.52. The number of benzene rings is 2. The average molecular weight is 369 g/mol. The van der Waals surface area contributed by atoms with Gasteiger partial charge in [0.05, 0.1) is 20.3 Å². The number of piperazine rings is 1. The van der Waals surface area contributed by atoms with E-state index in [9.17, 15) is 4.79 Å². The van der Waals surface area contributed by atoms with Crippen molar-refractivity contribution in [3.05, 3.63) is 59.7 Å². The molecule has 1 atom stereocenters. The van der Waals surface area contributed by atoms with Gasteiger partial charge in [-0.25, -0.2) is 4.79 Å². The number of hydrogen-bond acceptors (Lipinski definition) is 4. The average Bonchev–Trinajstić information content (AvgIpc) is 2.72. The Morgan fingerprint density at radius 3 is 2.37 bits per heavy atom. The Labute approximate surface area is 160 Å². The lowest BCUT2D eigenvalue weighted by atomic mass is 10.0. The molecule has 1 fully saturated rings. The highest BCUT2D eigenvalue weighted by atomic mass is 16.5. The summed E-state index contributed by atoms with van der Waals surface area (Å²) in [6.45, 7) is 2.80. The Hall–Kier alpha value is -2.73. The van der Waals surface area contributed by atoms with Crippen LogP contribution < -0.4 is 14.8 Å². The SMILES string of the molecule is COc1cc(CNC(=O)N2CCN(C)CC2c2ccccc2)cc(OC)c1. The van der Waals surface area contributed by atoms with Crippen molar-refractivity contribution >= 4 is 6.03 Å². The summed E-state index contributed by atoms with van der Waals surface area (Å²) in [5.74, 6) is 1.42. The third-order valence-electron chi connectivity index (χ3n) is 4.88. The van der Waals surface area contributed by atoms with E-state index in [-0.39, 0.29) is 12.1 Å². The molecule has 0 spiro atoms. The van der Waals surface area contributed by atoms with Crippen LogP contribution >= 0.6 is 0 Å². The zero-order chi connectivity index (χ0) is 19.2. The van der Waals surface area contributed by atoms with E-state index in [0.717, 1.165) is 24.2 Å². The van der Waals surface area contributed by atoms with Crippen molar-refractivity contribution in [3.63, 3.8) is 0 Å². The van der Waals surface area contributed by atoms with E-state index >= 15 is 0 Å². The van der Waals surface area contributed by atoms with Crippen molar-refractivity contribution in [2.24, 2.45) is 0 Å². The summed E-state index contributed by atoms with van der Waals surface area (Å²) in [6.07, 6.45) is 0. The lowest BCUT2D eigenvalue weighted by Gasteiger charge is -2.40. The number of carbonyl (C=O) groups excluding carboxylic acids is 1. The summed E-state index contributed by atoms with van der Waals surface area (Å²) < 4.78 is 10.6. The Bertz CT molecular complexity index is 744. The first-order valence-electron chi connectivity index (χ1n) is 9.10. The summed E-state index contributed by atoms with van der Waals surface area (Å²) in [7, 11) is 5.32. The minimum Gasteiger partial charge on any atom is -0.497 e. The molecular formula is C21H27N3O3. The minimum absolute atomic E-state index is 0.0461. The second-order valence-electron chi connectivity index (χ2n) is 6.76. The molecule has 2 amide bonds. The van der Waals surface area contributed by atoms with Crippen LogP contribution in [-0.4, -0.2) is 56.7 Å². The topological polar surface area (TPSA) is 54.0 Å². The molecule has 1 N–H and O–H groups in total. The van der Waals surface area contributed by atoms with Gasteiger partial charge < -0.3 is 24.6 Å². The molecule has 0 radical (unpaired) electrons. The van der Waals surface area contributed by atoms with Gasteiger partial charge in [-0.2, -0.15) is 0 Å². The minimum atomic E-state index is -0.0567. The number of urea groups is 1. The Kier molecular flexibility index (Phi) is 6.19. The fraction of sp³-hybridized carbons (Fsp3) is 0.381. The first-order chi connectivity index (χ1) is 13.1. The van der Waals surface area contributed by atoms with Gasteiger partial charge in [-0.15, -0.1) is 0 Å². The molecule has 1 unspecified atom stereocenters. The van der Waals surface area contributed by atoms with Crippen molar-refractivity contribution in [1.82, 2.24) is 15.1 Å².